The average molecular weight is 378 g/mol. The minimum absolute atomic E-state index is 0.209. The van der Waals surface area contributed by atoms with Crippen LogP contribution in [0.1, 0.15) is 37.7 Å². The van der Waals surface area contributed by atoms with Gasteiger partial charge in [-0.3, -0.25) is 14.6 Å². The highest BCUT2D eigenvalue weighted by molar-refractivity contribution is 6.13. The number of rotatable bonds is 6. The first-order valence-corrected chi connectivity index (χ1v) is 10.0. The Hall–Kier alpha value is -2.89. The zero-order chi connectivity index (χ0) is 19.4. The molecule has 6 nitrogen and oxygen atoms in total. The molecule has 2 aromatic rings. The molecule has 1 saturated heterocycles. The van der Waals surface area contributed by atoms with Crippen LogP contribution in [0.3, 0.4) is 0 Å². The van der Waals surface area contributed by atoms with Crippen LogP contribution < -0.4 is 15.5 Å². The summed E-state index contributed by atoms with van der Waals surface area (Å²) >= 11 is 0. The smallest absolute Gasteiger partial charge is 0.240 e. The number of hydrogen-bond donors (Lipinski definition) is 2. The molecule has 0 radical (unpaired) electrons. The Morgan fingerprint density at radius 3 is 2.39 bits per heavy atom. The molecule has 1 aromatic heterocycles. The molecule has 4 rings (SSSR count). The maximum absolute atomic E-state index is 12.7. The predicted molar refractivity (Wildman–Crippen MR) is 109 cm³/mol. The number of amides is 2. The van der Waals surface area contributed by atoms with Crippen molar-refractivity contribution in [2.24, 2.45) is 5.41 Å². The predicted octanol–water partition coefficient (Wildman–Crippen LogP) is 3.11. The van der Waals surface area contributed by atoms with E-state index in [2.05, 4.69) is 20.5 Å². The molecule has 1 saturated carbocycles. The van der Waals surface area contributed by atoms with Crippen molar-refractivity contribution >= 4 is 23.2 Å². The molecule has 0 bridgehead atoms. The topological polar surface area (TPSA) is 74.3 Å². The molecule has 6 heteroatoms. The summed E-state index contributed by atoms with van der Waals surface area (Å²) in [6, 6.07) is 11.7. The summed E-state index contributed by atoms with van der Waals surface area (Å²) in [5, 5.41) is 5.80. The van der Waals surface area contributed by atoms with Crippen LogP contribution in [-0.2, 0) is 16.1 Å². The third kappa shape index (κ3) is 4.01. The van der Waals surface area contributed by atoms with Gasteiger partial charge in [0.25, 0.3) is 0 Å². The van der Waals surface area contributed by atoms with Gasteiger partial charge in [-0.25, -0.2) is 0 Å². The fourth-order valence-electron chi connectivity index (χ4n) is 3.69. The highest BCUT2D eigenvalue weighted by Crippen LogP contribution is 2.47. The van der Waals surface area contributed by atoms with Crippen molar-refractivity contribution in [2.45, 2.75) is 38.6 Å². The highest BCUT2D eigenvalue weighted by atomic mass is 16.2. The molecule has 0 atom stereocenters. The van der Waals surface area contributed by atoms with Crippen molar-refractivity contribution in [2.75, 3.05) is 23.3 Å². The molecular weight excluding hydrogens is 352 g/mol. The number of piperidine rings is 1. The number of pyridine rings is 1. The summed E-state index contributed by atoms with van der Waals surface area (Å²) in [5.41, 5.74) is 1.90. The third-order valence-corrected chi connectivity index (χ3v) is 5.64. The van der Waals surface area contributed by atoms with Crippen LogP contribution in [0.4, 0.5) is 11.4 Å². The van der Waals surface area contributed by atoms with E-state index in [1.54, 1.807) is 12.4 Å². The SMILES string of the molecule is O=C(NCc1cccnc1)C1(C(=O)Nc2ccc(N3CCCCC3)cc2)CC1. The molecule has 146 valence electrons. The minimum atomic E-state index is -0.937. The van der Waals surface area contributed by atoms with Gasteiger partial charge in [-0.1, -0.05) is 6.07 Å². The summed E-state index contributed by atoms with van der Waals surface area (Å²) < 4.78 is 0. The van der Waals surface area contributed by atoms with Gasteiger partial charge in [0.05, 0.1) is 0 Å². The Balaban J connectivity index is 1.34. The first kappa shape index (κ1) is 18.5. The van der Waals surface area contributed by atoms with Gasteiger partial charge in [0.15, 0.2) is 0 Å². The summed E-state index contributed by atoms with van der Waals surface area (Å²) in [4.78, 5) is 31.8. The molecule has 0 spiro atoms. The number of carbonyl (C=O) groups excluding carboxylic acids is 2. The molecule has 2 heterocycles. The van der Waals surface area contributed by atoms with E-state index in [1.165, 1.54) is 24.9 Å². The van der Waals surface area contributed by atoms with E-state index in [9.17, 15) is 9.59 Å². The molecule has 1 aliphatic carbocycles. The highest BCUT2D eigenvalue weighted by Gasteiger charge is 2.56. The fourth-order valence-corrected chi connectivity index (χ4v) is 3.69. The van der Waals surface area contributed by atoms with E-state index in [1.807, 2.05) is 36.4 Å². The number of anilines is 2. The zero-order valence-electron chi connectivity index (χ0n) is 16.0. The molecule has 28 heavy (non-hydrogen) atoms. The summed E-state index contributed by atoms with van der Waals surface area (Å²) in [5.74, 6) is -0.430. The number of nitrogens with one attached hydrogen (secondary N) is 2. The van der Waals surface area contributed by atoms with Crippen LogP contribution in [-0.4, -0.2) is 29.9 Å². The molecule has 1 aromatic carbocycles. The monoisotopic (exact) mass is 378 g/mol. The average Bonchev–Trinajstić information content (AvgIpc) is 3.56. The van der Waals surface area contributed by atoms with Crippen molar-refractivity contribution in [3.05, 3.63) is 54.4 Å². The van der Waals surface area contributed by atoms with Gasteiger partial charge in [0, 0.05) is 43.4 Å². The fraction of sp³-hybridized carbons (Fsp3) is 0.409. The number of aromatic nitrogens is 1. The Morgan fingerprint density at radius 2 is 1.75 bits per heavy atom. The number of nitrogens with zero attached hydrogens (tertiary/aromatic N) is 2. The van der Waals surface area contributed by atoms with E-state index >= 15 is 0 Å². The van der Waals surface area contributed by atoms with Gasteiger partial charge in [-0.15, -0.1) is 0 Å². The Labute approximate surface area is 165 Å². The largest absolute Gasteiger partial charge is 0.372 e. The lowest BCUT2D eigenvalue weighted by atomic mass is 10.0. The summed E-state index contributed by atoms with van der Waals surface area (Å²) in [6.07, 6.45) is 8.34. The molecular formula is C22H26N4O2. The van der Waals surface area contributed by atoms with Crippen LogP contribution in [0.15, 0.2) is 48.8 Å². The van der Waals surface area contributed by atoms with E-state index in [0.717, 1.165) is 24.3 Å². The van der Waals surface area contributed by atoms with Crippen LogP contribution in [0.2, 0.25) is 0 Å². The van der Waals surface area contributed by atoms with E-state index in [4.69, 9.17) is 0 Å². The number of hydrogen-bond acceptors (Lipinski definition) is 4. The lowest BCUT2D eigenvalue weighted by Gasteiger charge is -2.28. The molecule has 2 aliphatic rings. The standard InChI is InChI=1S/C22H26N4O2/c27-20(24-16-17-5-4-12-23-15-17)22(10-11-22)21(28)25-18-6-8-19(9-7-18)26-13-2-1-3-14-26/h4-9,12,15H,1-3,10-11,13-14,16H2,(H,24,27)(H,25,28). The van der Waals surface area contributed by atoms with Crippen molar-refractivity contribution in [1.82, 2.24) is 10.3 Å². The van der Waals surface area contributed by atoms with Crippen LogP contribution in [0.5, 0.6) is 0 Å². The van der Waals surface area contributed by atoms with Crippen LogP contribution in [0.25, 0.3) is 0 Å². The van der Waals surface area contributed by atoms with E-state index in [-0.39, 0.29) is 11.8 Å². The minimum Gasteiger partial charge on any atom is -0.372 e. The van der Waals surface area contributed by atoms with Gasteiger partial charge in [0.1, 0.15) is 5.41 Å². The van der Waals surface area contributed by atoms with Gasteiger partial charge in [0.2, 0.25) is 11.8 Å². The molecule has 2 amide bonds. The Bertz CT molecular complexity index is 825. The van der Waals surface area contributed by atoms with Gasteiger partial charge in [-0.05, 0) is 68.0 Å². The molecule has 2 N–H and O–H groups in total. The third-order valence-electron chi connectivity index (χ3n) is 5.64. The van der Waals surface area contributed by atoms with Crippen LogP contribution >= 0.6 is 0 Å². The van der Waals surface area contributed by atoms with Crippen molar-refractivity contribution in [3.8, 4) is 0 Å². The first-order valence-electron chi connectivity index (χ1n) is 10.0. The van der Waals surface area contributed by atoms with Crippen molar-refractivity contribution < 1.29 is 9.59 Å². The quantitative estimate of drug-likeness (QED) is 0.758. The summed E-state index contributed by atoms with van der Waals surface area (Å²) in [6.45, 7) is 2.56. The lowest BCUT2D eigenvalue weighted by molar-refractivity contribution is -0.134. The van der Waals surface area contributed by atoms with Crippen LogP contribution in [0, 0.1) is 5.41 Å². The molecule has 2 fully saturated rings. The van der Waals surface area contributed by atoms with Gasteiger partial charge >= 0.3 is 0 Å². The first-order chi connectivity index (χ1) is 13.7. The second kappa shape index (κ2) is 8.00. The maximum atomic E-state index is 12.7. The second-order valence-corrected chi connectivity index (χ2v) is 7.67. The van der Waals surface area contributed by atoms with E-state index < -0.39 is 5.41 Å². The number of carbonyl (C=O) groups is 2. The lowest BCUT2D eigenvalue weighted by Crippen LogP contribution is -2.39. The van der Waals surface area contributed by atoms with Gasteiger partial charge < -0.3 is 15.5 Å². The number of benzene rings is 1. The van der Waals surface area contributed by atoms with Crippen molar-refractivity contribution in [1.29, 1.82) is 0 Å². The molecule has 0 unspecified atom stereocenters. The zero-order valence-corrected chi connectivity index (χ0v) is 16.0. The Morgan fingerprint density at radius 1 is 1.00 bits per heavy atom. The van der Waals surface area contributed by atoms with Crippen molar-refractivity contribution in [3.63, 3.8) is 0 Å². The molecule has 1 aliphatic heterocycles. The normalized spacial score (nSPS) is 17.6. The maximum Gasteiger partial charge on any atom is 0.240 e. The van der Waals surface area contributed by atoms with E-state index in [0.29, 0.717) is 19.4 Å². The summed E-state index contributed by atoms with van der Waals surface area (Å²) in [7, 11) is 0. The Kier molecular flexibility index (Phi) is 5.28. The second-order valence-electron chi connectivity index (χ2n) is 7.67. The van der Waals surface area contributed by atoms with Gasteiger partial charge in [-0.2, -0.15) is 0 Å².